The lowest BCUT2D eigenvalue weighted by molar-refractivity contribution is -0.141. The molecule has 1 aliphatic heterocycles. The SMILES string of the molecule is O=C(O)c1cc(N2CC(C(=O)O)CC2=O)ccc1F. The summed E-state index contributed by atoms with van der Waals surface area (Å²) in [7, 11) is 0. The predicted molar refractivity (Wildman–Crippen MR) is 61.5 cm³/mol. The van der Waals surface area contributed by atoms with Gasteiger partial charge in [0.05, 0.1) is 11.5 Å². The molecule has 6 nitrogen and oxygen atoms in total. The average Bonchev–Trinajstić information content (AvgIpc) is 2.72. The number of carbonyl (C=O) groups is 3. The van der Waals surface area contributed by atoms with Crippen LogP contribution >= 0.6 is 0 Å². The van der Waals surface area contributed by atoms with Crippen LogP contribution in [-0.4, -0.2) is 34.6 Å². The van der Waals surface area contributed by atoms with Crippen molar-refractivity contribution in [1.82, 2.24) is 0 Å². The summed E-state index contributed by atoms with van der Waals surface area (Å²) in [5.41, 5.74) is -0.364. The van der Waals surface area contributed by atoms with Gasteiger partial charge in [-0.05, 0) is 18.2 Å². The number of hydrogen-bond acceptors (Lipinski definition) is 3. The zero-order chi connectivity index (χ0) is 14.2. The van der Waals surface area contributed by atoms with Crippen molar-refractivity contribution in [3.8, 4) is 0 Å². The van der Waals surface area contributed by atoms with Crippen molar-refractivity contribution in [2.75, 3.05) is 11.4 Å². The van der Waals surface area contributed by atoms with Gasteiger partial charge in [-0.2, -0.15) is 0 Å². The van der Waals surface area contributed by atoms with Gasteiger partial charge >= 0.3 is 11.9 Å². The van der Waals surface area contributed by atoms with E-state index in [4.69, 9.17) is 10.2 Å². The number of halogens is 1. The molecule has 1 heterocycles. The van der Waals surface area contributed by atoms with Crippen LogP contribution in [0.5, 0.6) is 0 Å². The van der Waals surface area contributed by atoms with Gasteiger partial charge in [-0.25, -0.2) is 9.18 Å². The number of rotatable bonds is 3. The molecule has 1 aliphatic rings. The maximum Gasteiger partial charge on any atom is 0.338 e. The Balaban J connectivity index is 2.33. The van der Waals surface area contributed by atoms with Crippen LogP contribution in [0.2, 0.25) is 0 Å². The van der Waals surface area contributed by atoms with Gasteiger partial charge in [-0.3, -0.25) is 9.59 Å². The van der Waals surface area contributed by atoms with E-state index in [9.17, 15) is 18.8 Å². The number of amides is 1. The van der Waals surface area contributed by atoms with Crippen LogP contribution in [0.25, 0.3) is 0 Å². The fraction of sp³-hybridized carbons (Fsp3) is 0.250. The molecule has 19 heavy (non-hydrogen) atoms. The largest absolute Gasteiger partial charge is 0.481 e. The molecule has 0 aromatic heterocycles. The summed E-state index contributed by atoms with van der Waals surface area (Å²) < 4.78 is 13.2. The van der Waals surface area contributed by atoms with Gasteiger partial charge in [0, 0.05) is 18.7 Å². The van der Waals surface area contributed by atoms with Gasteiger partial charge in [-0.1, -0.05) is 0 Å². The molecule has 1 amide bonds. The third kappa shape index (κ3) is 2.40. The van der Waals surface area contributed by atoms with E-state index in [2.05, 4.69) is 0 Å². The first-order chi connectivity index (χ1) is 8.90. The van der Waals surface area contributed by atoms with Crippen molar-refractivity contribution in [2.24, 2.45) is 5.92 Å². The highest BCUT2D eigenvalue weighted by Crippen LogP contribution is 2.26. The number of aliphatic carboxylic acids is 1. The fourth-order valence-corrected chi connectivity index (χ4v) is 1.97. The van der Waals surface area contributed by atoms with Gasteiger partial charge < -0.3 is 15.1 Å². The fourth-order valence-electron chi connectivity index (χ4n) is 1.97. The monoisotopic (exact) mass is 267 g/mol. The number of carbonyl (C=O) groups excluding carboxylic acids is 1. The van der Waals surface area contributed by atoms with Crippen LogP contribution in [0.4, 0.5) is 10.1 Å². The normalized spacial score (nSPS) is 18.7. The molecule has 0 saturated carbocycles. The predicted octanol–water partition coefficient (Wildman–Crippen LogP) is 0.961. The summed E-state index contributed by atoms with van der Waals surface area (Å²) in [4.78, 5) is 34.5. The highest BCUT2D eigenvalue weighted by atomic mass is 19.1. The summed E-state index contributed by atoms with van der Waals surface area (Å²) in [5.74, 6) is -4.68. The second kappa shape index (κ2) is 4.68. The van der Waals surface area contributed by atoms with Crippen molar-refractivity contribution < 1.29 is 29.0 Å². The molecule has 2 N–H and O–H groups in total. The first-order valence-corrected chi connectivity index (χ1v) is 5.46. The first kappa shape index (κ1) is 13.0. The van der Waals surface area contributed by atoms with Crippen LogP contribution in [0.3, 0.4) is 0 Å². The summed E-state index contributed by atoms with van der Waals surface area (Å²) in [6.45, 7) is -0.0428. The minimum absolute atomic E-state index is 0.0428. The molecule has 1 unspecified atom stereocenters. The van der Waals surface area contributed by atoms with Gasteiger partial charge in [0.2, 0.25) is 5.91 Å². The molecule has 2 rings (SSSR count). The van der Waals surface area contributed by atoms with Crippen LogP contribution < -0.4 is 4.90 Å². The second-order valence-corrected chi connectivity index (χ2v) is 4.21. The zero-order valence-corrected chi connectivity index (χ0v) is 9.67. The summed E-state index contributed by atoms with van der Waals surface area (Å²) >= 11 is 0. The number of anilines is 1. The van der Waals surface area contributed by atoms with Gasteiger partial charge in [-0.15, -0.1) is 0 Å². The summed E-state index contributed by atoms with van der Waals surface area (Å²) in [5, 5.41) is 17.7. The minimum Gasteiger partial charge on any atom is -0.481 e. The van der Waals surface area contributed by atoms with Crippen molar-refractivity contribution >= 4 is 23.5 Å². The van der Waals surface area contributed by atoms with Crippen molar-refractivity contribution in [1.29, 1.82) is 0 Å². The molecule has 0 radical (unpaired) electrons. The lowest BCUT2D eigenvalue weighted by Crippen LogP contribution is -2.26. The first-order valence-electron chi connectivity index (χ1n) is 5.46. The smallest absolute Gasteiger partial charge is 0.338 e. The minimum atomic E-state index is -1.44. The Morgan fingerprint density at radius 3 is 2.53 bits per heavy atom. The molecule has 0 spiro atoms. The second-order valence-electron chi connectivity index (χ2n) is 4.21. The molecule has 100 valence electrons. The molecule has 1 atom stereocenters. The summed E-state index contributed by atoms with van der Waals surface area (Å²) in [6.07, 6.45) is -0.144. The van der Waals surface area contributed by atoms with E-state index in [0.717, 1.165) is 17.0 Å². The van der Waals surface area contributed by atoms with Crippen LogP contribution in [0, 0.1) is 11.7 Å². The maximum absolute atomic E-state index is 13.2. The van der Waals surface area contributed by atoms with E-state index in [1.54, 1.807) is 0 Å². The highest BCUT2D eigenvalue weighted by Gasteiger charge is 2.35. The number of hydrogen-bond donors (Lipinski definition) is 2. The van der Waals surface area contributed by atoms with Crippen LogP contribution in [-0.2, 0) is 9.59 Å². The Hall–Kier alpha value is -2.44. The van der Waals surface area contributed by atoms with E-state index >= 15 is 0 Å². The Kier molecular flexibility index (Phi) is 3.20. The quantitative estimate of drug-likeness (QED) is 0.850. The molecule has 0 aliphatic carbocycles. The van der Waals surface area contributed by atoms with Gasteiger partial charge in [0.15, 0.2) is 0 Å². The van der Waals surface area contributed by atoms with Crippen LogP contribution in [0.1, 0.15) is 16.8 Å². The third-order valence-electron chi connectivity index (χ3n) is 2.97. The maximum atomic E-state index is 13.2. The molecule has 0 bridgehead atoms. The van der Waals surface area contributed by atoms with Gasteiger partial charge in [0.1, 0.15) is 5.82 Å². The number of nitrogens with zero attached hydrogens (tertiary/aromatic N) is 1. The van der Waals surface area contributed by atoms with Crippen LogP contribution in [0.15, 0.2) is 18.2 Å². The van der Waals surface area contributed by atoms with E-state index in [-0.39, 0.29) is 18.7 Å². The summed E-state index contributed by atoms with van der Waals surface area (Å²) in [6, 6.07) is 3.23. The Morgan fingerprint density at radius 1 is 1.32 bits per heavy atom. The lowest BCUT2D eigenvalue weighted by Gasteiger charge is -2.16. The van der Waals surface area contributed by atoms with E-state index < -0.39 is 35.1 Å². The molecule has 1 aromatic rings. The number of carboxylic acids is 2. The number of aromatic carboxylic acids is 1. The Labute approximate surface area is 107 Å². The van der Waals surface area contributed by atoms with Crippen molar-refractivity contribution in [2.45, 2.75) is 6.42 Å². The number of benzene rings is 1. The van der Waals surface area contributed by atoms with E-state index in [1.807, 2.05) is 0 Å². The van der Waals surface area contributed by atoms with Gasteiger partial charge in [0.25, 0.3) is 0 Å². The molecular formula is C12H10FNO5. The van der Waals surface area contributed by atoms with Crippen molar-refractivity contribution in [3.63, 3.8) is 0 Å². The molecule has 1 saturated heterocycles. The molecule has 1 aromatic carbocycles. The standard InChI is InChI=1S/C12H10FNO5/c13-9-2-1-7(4-8(9)12(18)19)14-5-6(11(16)17)3-10(14)15/h1-2,4,6H,3,5H2,(H,16,17)(H,18,19). The molecular weight excluding hydrogens is 257 g/mol. The zero-order valence-electron chi connectivity index (χ0n) is 9.67. The lowest BCUT2D eigenvalue weighted by atomic mass is 10.1. The van der Waals surface area contributed by atoms with Crippen molar-refractivity contribution in [3.05, 3.63) is 29.6 Å². The molecule has 7 heteroatoms. The third-order valence-corrected chi connectivity index (χ3v) is 2.97. The Bertz CT molecular complexity index is 571. The average molecular weight is 267 g/mol. The number of carboxylic acid groups (broad SMARTS) is 2. The Morgan fingerprint density at radius 2 is 2.00 bits per heavy atom. The van der Waals surface area contributed by atoms with E-state index in [1.165, 1.54) is 6.07 Å². The highest BCUT2D eigenvalue weighted by molar-refractivity contribution is 6.00. The topological polar surface area (TPSA) is 94.9 Å². The molecule has 1 fully saturated rings. The van der Waals surface area contributed by atoms with E-state index in [0.29, 0.717) is 0 Å².